The summed E-state index contributed by atoms with van der Waals surface area (Å²) in [4.78, 5) is 12.5. The van der Waals surface area contributed by atoms with Crippen LogP contribution in [0.5, 0.6) is 0 Å². The van der Waals surface area contributed by atoms with E-state index < -0.39 is 23.8 Å². The third-order valence-electron chi connectivity index (χ3n) is 2.45. The molecule has 0 aliphatic heterocycles. The number of carbonyl (C=O) groups excluding carboxylic acids is 1. The van der Waals surface area contributed by atoms with E-state index in [2.05, 4.69) is 5.32 Å². The molecule has 4 N–H and O–H groups in total. The monoisotopic (exact) mass is 320 g/mol. The van der Waals surface area contributed by atoms with E-state index in [4.69, 9.17) is 22.1 Å². The maximum absolute atomic E-state index is 11.8. The third-order valence-corrected chi connectivity index (χ3v) is 3.75. The summed E-state index contributed by atoms with van der Waals surface area (Å²) in [5.74, 6) is 0. The molecule has 0 fully saturated rings. The molecule has 0 aromatic carbocycles. The molecule has 5 nitrogen and oxygen atoms in total. The third kappa shape index (κ3) is 5.66. The molecule has 0 radical (unpaired) electrons. The van der Waals surface area contributed by atoms with Gasteiger partial charge in [0.25, 0.3) is 0 Å². The van der Waals surface area contributed by atoms with Crippen molar-refractivity contribution >= 4 is 29.0 Å². The summed E-state index contributed by atoms with van der Waals surface area (Å²) >= 11 is 7.12. The van der Waals surface area contributed by atoms with Gasteiger partial charge in [0.2, 0.25) is 0 Å². The number of halogens is 1. The Labute approximate surface area is 128 Å². The van der Waals surface area contributed by atoms with E-state index in [1.807, 2.05) is 0 Å². The highest BCUT2D eigenvalue weighted by Gasteiger charge is 2.26. The molecule has 0 spiro atoms. The van der Waals surface area contributed by atoms with Gasteiger partial charge in [-0.3, -0.25) is 0 Å². The van der Waals surface area contributed by atoms with Crippen molar-refractivity contribution in [3.05, 3.63) is 21.3 Å². The summed E-state index contributed by atoms with van der Waals surface area (Å²) in [6.07, 6.45) is -0.989. The zero-order valence-electron chi connectivity index (χ0n) is 11.9. The molecule has 2 unspecified atom stereocenters. The summed E-state index contributed by atoms with van der Waals surface area (Å²) in [7, 11) is 0. The molecule has 1 aromatic heterocycles. The van der Waals surface area contributed by atoms with Gasteiger partial charge in [-0.1, -0.05) is 11.6 Å². The first kappa shape index (κ1) is 17.2. The molecule has 7 heteroatoms. The number of thiophene rings is 1. The Balaban J connectivity index is 2.71. The Kier molecular flexibility index (Phi) is 6.26. The fourth-order valence-electron chi connectivity index (χ4n) is 1.63. The Hall–Kier alpha value is -0.820. The number of alkyl carbamates (subject to hydrolysis) is 1. The van der Waals surface area contributed by atoms with E-state index in [-0.39, 0.29) is 0 Å². The van der Waals surface area contributed by atoms with Crippen LogP contribution in [0.2, 0.25) is 4.34 Å². The van der Waals surface area contributed by atoms with Crippen LogP contribution in [0.15, 0.2) is 12.1 Å². The molecule has 0 aliphatic carbocycles. The van der Waals surface area contributed by atoms with Crippen LogP contribution in [0.3, 0.4) is 0 Å². The van der Waals surface area contributed by atoms with Gasteiger partial charge < -0.3 is 20.9 Å². The van der Waals surface area contributed by atoms with E-state index in [1.165, 1.54) is 11.3 Å². The van der Waals surface area contributed by atoms with E-state index >= 15 is 0 Å². The highest BCUT2D eigenvalue weighted by atomic mass is 35.5. The Morgan fingerprint density at radius 2 is 2.20 bits per heavy atom. The Morgan fingerprint density at radius 1 is 1.55 bits per heavy atom. The summed E-state index contributed by atoms with van der Waals surface area (Å²) < 4.78 is 5.77. The van der Waals surface area contributed by atoms with Gasteiger partial charge in [-0.05, 0) is 45.9 Å². The summed E-state index contributed by atoms with van der Waals surface area (Å²) in [5.41, 5.74) is 4.94. The minimum atomic E-state index is -0.858. The fourth-order valence-corrected chi connectivity index (χ4v) is 2.75. The number of rotatable bonds is 5. The number of hydrogen-bond donors (Lipinski definition) is 3. The quantitative estimate of drug-likeness (QED) is 0.778. The maximum Gasteiger partial charge on any atom is 0.407 e. The summed E-state index contributed by atoms with van der Waals surface area (Å²) in [5, 5.41) is 13.0. The van der Waals surface area contributed by atoms with Gasteiger partial charge in [-0.2, -0.15) is 0 Å². The van der Waals surface area contributed by atoms with Gasteiger partial charge in [0, 0.05) is 4.88 Å². The maximum atomic E-state index is 11.8. The van der Waals surface area contributed by atoms with Gasteiger partial charge in [0.05, 0.1) is 10.4 Å². The average Bonchev–Trinajstić information content (AvgIpc) is 2.72. The van der Waals surface area contributed by atoms with Crippen LogP contribution in [-0.2, 0) is 4.74 Å². The lowest BCUT2D eigenvalue weighted by Crippen LogP contribution is -2.43. The number of nitrogens with two attached hydrogens (primary N) is 1. The minimum Gasteiger partial charge on any atom is -0.444 e. The van der Waals surface area contributed by atoms with Crippen molar-refractivity contribution in [2.24, 2.45) is 5.73 Å². The van der Waals surface area contributed by atoms with E-state index in [0.717, 1.165) is 0 Å². The lowest BCUT2D eigenvalue weighted by atomic mass is 10.1. The normalized spacial score (nSPS) is 14.7. The molecule has 0 saturated heterocycles. The molecule has 0 aliphatic rings. The predicted octanol–water partition coefficient (Wildman–Crippen LogP) is 2.68. The van der Waals surface area contributed by atoms with Gasteiger partial charge in [0.1, 0.15) is 11.7 Å². The molecule has 1 rings (SSSR count). The first-order chi connectivity index (χ1) is 9.23. The van der Waals surface area contributed by atoms with Gasteiger partial charge in [-0.25, -0.2) is 4.79 Å². The number of aliphatic hydroxyl groups excluding tert-OH is 1. The average molecular weight is 321 g/mol. The van der Waals surface area contributed by atoms with Gasteiger partial charge in [0.15, 0.2) is 0 Å². The Morgan fingerprint density at radius 3 is 2.65 bits per heavy atom. The van der Waals surface area contributed by atoms with Crippen LogP contribution in [0, 0.1) is 0 Å². The molecule has 1 heterocycles. The van der Waals surface area contributed by atoms with Crippen LogP contribution in [0.4, 0.5) is 4.79 Å². The second-order valence-electron chi connectivity index (χ2n) is 5.42. The highest BCUT2D eigenvalue weighted by Crippen LogP contribution is 2.29. The molecule has 0 bridgehead atoms. The highest BCUT2D eigenvalue weighted by molar-refractivity contribution is 7.16. The molecule has 1 aromatic rings. The van der Waals surface area contributed by atoms with Crippen LogP contribution in [-0.4, -0.2) is 29.4 Å². The van der Waals surface area contributed by atoms with E-state index in [9.17, 15) is 9.90 Å². The van der Waals surface area contributed by atoms with Crippen LogP contribution < -0.4 is 11.1 Å². The molecule has 0 saturated carbocycles. The first-order valence-electron chi connectivity index (χ1n) is 6.36. The van der Waals surface area contributed by atoms with Crippen molar-refractivity contribution in [2.75, 3.05) is 6.54 Å². The molecule has 20 heavy (non-hydrogen) atoms. The van der Waals surface area contributed by atoms with Crippen molar-refractivity contribution in [2.45, 2.75) is 44.9 Å². The van der Waals surface area contributed by atoms with Crippen molar-refractivity contribution in [1.29, 1.82) is 0 Å². The molecular formula is C13H21ClN2O3S. The van der Waals surface area contributed by atoms with Crippen molar-refractivity contribution < 1.29 is 14.6 Å². The van der Waals surface area contributed by atoms with Crippen LogP contribution >= 0.6 is 22.9 Å². The SMILES string of the molecule is CC(C)(C)OC(=O)NC(CCN)C(O)c1ccc(Cl)s1. The second-order valence-corrected chi connectivity index (χ2v) is 7.16. The second kappa shape index (κ2) is 7.26. The van der Waals surface area contributed by atoms with Crippen LogP contribution in [0.1, 0.15) is 38.2 Å². The van der Waals surface area contributed by atoms with Crippen molar-refractivity contribution in [1.82, 2.24) is 5.32 Å². The molecule has 1 amide bonds. The fraction of sp³-hybridized carbons (Fsp3) is 0.615. The molecular weight excluding hydrogens is 300 g/mol. The smallest absolute Gasteiger partial charge is 0.407 e. The number of amides is 1. The zero-order valence-corrected chi connectivity index (χ0v) is 13.4. The van der Waals surface area contributed by atoms with Crippen molar-refractivity contribution in [3.8, 4) is 0 Å². The predicted molar refractivity (Wildman–Crippen MR) is 81.1 cm³/mol. The topological polar surface area (TPSA) is 84.6 Å². The number of ether oxygens (including phenoxy) is 1. The van der Waals surface area contributed by atoms with Gasteiger partial charge in [-0.15, -0.1) is 11.3 Å². The zero-order chi connectivity index (χ0) is 15.3. The standard InChI is InChI=1S/C13H21ClN2O3S/c1-13(2,3)19-12(18)16-8(6-7-15)11(17)9-4-5-10(14)20-9/h4-5,8,11,17H,6-7,15H2,1-3H3,(H,16,18). The summed E-state index contributed by atoms with van der Waals surface area (Å²) in [6, 6.07) is 2.93. The number of nitrogens with one attached hydrogen (secondary N) is 1. The largest absolute Gasteiger partial charge is 0.444 e. The van der Waals surface area contributed by atoms with Crippen LogP contribution in [0.25, 0.3) is 0 Å². The molecule has 2 atom stereocenters. The number of hydrogen-bond acceptors (Lipinski definition) is 5. The van der Waals surface area contributed by atoms with Crippen molar-refractivity contribution in [3.63, 3.8) is 0 Å². The number of carbonyl (C=O) groups is 1. The summed E-state index contributed by atoms with van der Waals surface area (Å²) in [6.45, 7) is 5.68. The Bertz CT molecular complexity index is 445. The lowest BCUT2D eigenvalue weighted by Gasteiger charge is -2.26. The first-order valence-corrected chi connectivity index (χ1v) is 7.55. The minimum absolute atomic E-state index is 0.344. The number of aliphatic hydroxyl groups is 1. The van der Waals surface area contributed by atoms with Gasteiger partial charge >= 0.3 is 6.09 Å². The van der Waals surface area contributed by atoms with E-state index in [1.54, 1.807) is 32.9 Å². The molecule has 114 valence electrons. The lowest BCUT2D eigenvalue weighted by molar-refractivity contribution is 0.0419. The van der Waals surface area contributed by atoms with E-state index in [0.29, 0.717) is 22.2 Å².